The molecule has 1 heterocycles. The summed E-state index contributed by atoms with van der Waals surface area (Å²) in [5.74, 6) is -0.873. The maximum absolute atomic E-state index is 13.7. The zero-order valence-electron chi connectivity index (χ0n) is 10.5. The van der Waals surface area contributed by atoms with Gasteiger partial charge in [-0.05, 0) is 25.1 Å². The van der Waals surface area contributed by atoms with Gasteiger partial charge in [0.1, 0.15) is 22.1 Å². The molecule has 0 fully saturated rings. The second-order valence-corrected chi connectivity index (χ2v) is 7.33. The van der Waals surface area contributed by atoms with E-state index in [2.05, 4.69) is 30.8 Å². The molecule has 112 valence electrons. The number of hydrogen-bond donors (Lipinski definition) is 2. The molecule has 0 radical (unpaired) electrons. The van der Waals surface area contributed by atoms with Gasteiger partial charge in [0.25, 0.3) is 10.0 Å². The molecule has 2 aromatic rings. The maximum Gasteiger partial charge on any atom is 0.266 e. The first kappa shape index (κ1) is 15.9. The summed E-state index contributed by atoms with van der Waals surface area (Å²) >= 11 is 4.05. The Morgan fingerprint density at radius 1 is 1.52 bits per heavy atom. The number of sulfonamides is 1. The molecule has 0 atom stereocenters. The number of benzene rings is 1. The lowest BCUT2D eigenvalue weighted by atomic mass is 10.3. The van der Waals surface area contributed by atoms with Crippen LogP contribution < -0.4 is 4.72 Å². The average molecular weight is 394 g/mol. The molecular weight excluding hydrogens is 385 g/mol. The van der Waals surface area contributed by atoms with Crippen LogP contribution >= 0.6 is 27.3 Å². The van der Waals surface area contributed by atoms with Crippen LogP contribution in [0.1, 0.15) is 12.6 Å². The van der Waals surface area contributed by atoms with Gasteiger partial charge in [-0.2, -0.15) is 0 Å². The predicted molar refractivity (Wildman–Crippen MR) is 81.0 cm³/mol. The van der Waals surface area contributed by atoms with E-state index in [1.54, 1.807) is 0 Å². The Bertz CT molecular complexity index is 805. The Morgan fingerprint density at radius 2 is 2.24 bits per heavy atom. The van der Waals surface area contributed by atoms with Gasteiger partial charge in [0.2, 0.25) is 0 Å². The van der Waals surface area contributed by atoms with Crippen LogP contribution in [0.2, 0.25) is 0 Å². The highest BCUT2D eigenvalue weighted by molar-refractivity contribution is 9.10. The number of nitrogens with one attached hydrogen (secondary N) is 1. The van der Waals surface area contributed by atoms with Gasteiger partial charge in [-0.15, -0.1) is 11.3 Å². The van der Waals surface area contributed by atoms with E-state index in [1.807, 2.05) is 0 Å². The molecule has 0 aliphatic rings. The van der Waals surface area contributed by atoms with Crippen LogP contribution in [0.5, 0.6) is 0 Å². The SMILES string of the molecule is C/C(=N/O)c1csc(NS(=O)(=O)c2ccc(Br)cc2F)n1. The summed E-state index contributed by atoms with van der Waals surface area (Å²) in [6.45, 7) is 1.52. The van der Waals surface area contributed by atoms with E-state index in [0.717, 1.165) is 23.5 Å². The highest BCUT2D eigenvalue weighted by atomic mass is 79.9. The predicted octanol–water partition coefficient (Wildman–Crippen LogP) is 3.04. The van der Waals surface area contributed by atoms with Crippen LogP contribution in [0.25, 0.3) is 0 Å². The normalized spacial score (nSPS) is 12.4. The summed E-state index contributed by atoms with van der Waals surface area (Å²) in [5.41, 5.74) is 0.572. The van der Waals surface area contributed by atoms with Crippen LogP contribution in [-0.2, 0) is 10.0 Å². The second kappa shape index (κ2) is 6.08. The fourth-order valence-electron chi connectivity index (χ4n) is 1.40. The van der Waals surface area contributed by atoms with Crippen LogP contribution in [0, 0.1) is 5.82 Å². The molecule has 0 spiro atoms. The first-order chi connectivity index (χ1) is 9.83. The van der Waals surface area contributed by atoms with E-state index in [1.165, 1.54) is 18.4 Å². The standard InChI is InChI=1S/C11H9BrFN3O3S2/c1-6(15-17)9-5-20-11(14-9)16-21(18,19)10-3-2-7(12)4-8(10)13/h2-5,17H,1H3,(H,14,16)/b15-6-. The Labute approximate surface area is 132 Å². The molecule has 2 N–H and O–H groups in total. The molecule has 0 aliphatic heterocycles. The zero-order valence-corrected chi connectivity index (χ0v) is 13.8. The van der Waals surface area contributed by atoms with Gasteiger partial charge in [-0.3, -0.25) is 4.72 Å². The molecule has 0 saturated carbocycles. The van der Waals surface area contributed by atoms with E-state index in [4.69, 9.17) is 5.21 Å². The Balaban J connectivity index is 2.31. The van der Waals surface area contributed by atoms with E-state index >= 15 is 0 Å². The van der Waals surface area contributed by atoms with E-state index < -0.39 is 20.7 Å². The van der Waals surface area contributed by atoms with Crippen LogP contribution in [0.4, 0.5) is 9.52 Å². The molecule has 1 aromatic heterocycles. The van der Waals surface area contributed by atoms with Crippen molar-refractivity contribution in [1.29, 1.82) is 0 Å². The van der Waals surface area contributed by atoms with Crippen molar-refractivity contribution in [2.24, 2.45) is 5.16 Å². The van der Waals surface area contributed by atoms with Gasteiger partial charge in [0, 0.05) is 9.85 Å². The van der Waals surface area contributed by atoms with Crippen LogP contribution in [0.15, 0.2) is 38.1 Å². The van der Waals surface area contributed by atoms with E-state index in [-0.39, 0.29) is 10.8 Å². The number of aromatic nitrogens is 1. The van der Waals surface area contributed by atoms with Crippen molar-refractivity contribution in [3.63, 3.8) is 0 Å². The van der Waals surface area contributed by atoms with Crippen molar-refractivity contribution in [2.75, 3.05) is 4.72 Å². The maximum atomic E-state index is 13.7. The topological polar surface area (TPSA) is 91.7 Å². The van der Waals surface area contributed by atoms with Crippen molar-refractivity contribution in [3.05, 3.63) is 39.6 Å². The van der Waals surface area contributed by atoms with Crippen molar-refractivity contribution < 1.29 is 18.0 Å². The lowest BCUT2D eigenvalue weighted by Gasteiger charge is -2.06. The second-order valence-electron chi connectivity index (χ2n) is 3.90. The molecule has 6 nitrogen and oxygen atoms in total. The van der Waals surface area contributed by atoms with Crippen molar-refractivity contribution in [3.8, 4) is 0 Å². The van der Waals surface area contributed by atoms with E-state index in [9.17, 15) is 12.8 Å². The average Bonchev–Trinajstić information content (AvgIpc) is 2.85. The molecule has 0 aliphatic carbocycles. The first-order valence-electron chi connectivity index (χ1n) is 5.46. The highest BCUT2D eigenvalue weighted by Crippen LogP contribution is 2.24. The third-order valence-corrected chi connectivity index (χ3v) is 5.18. The zero-order chi connectivity index (χ0) is 15.6. The largest absolute Gasteiger partial charge is 0.411 e. The minimum Gasteiger partial charge on any atom is -0.411 e. The quantitative estimate of drug-likeness (QED) is 0.474. The Hall–Kier alpha value is -1.52. The molecule has 10 heteroatoms. The summed E-state index contributed by atoms with van der Waals surface area (Å²) in [6.07, 6.45) is 0. The molecule has 1 aromatic carbocycles. The highest BCUT2D eigenvalue weighted by Gasteiger charge is 2.21. The van der Waals surface area contributed by atoms with Gasteiger partial charge in [-0.25, -0.2) is 17.8 Å². The smallest absolute Gasteiger partial charge is 0.266 e. The summed E-state index contributed by atoms with van der Waals surface area (Å²) < 4.78 is 40.5. The number of rotatable bonds is 4. The summed E-state index contributed by atoms with van der Waals surface area (Å²) in [6, 6.07) is 3.63. The first-order valence-corrected chi connectivity index (χ1v) is 8.61. The molecule has 0 bridgehead atoms. The summed E-state index contributed by atoms with van der Waals surface area (Å²) in [5, 5.41) is 13.2. The fourth-order valence-corrected chi connectivity index (χ4v) is 3.80. The lowest BCUT2D eigenvalue weighted by molar-refractivity contribution is 0.319. The number of thiazole rings is 1. The van der Waals surface area contributed by atoms with E-state index in [0.29, 0.717) is 10.2 Å². The van der Waals surface area contributed by atoms with Crippen molar-refractivity contribution in [1.82, 2.24) is 4.98 Å². The Morgan fingerprint density at radius 3 is 2.86 bits per heavy atom. The molecule has 0 amide bonds. The van der Waals surface area contributed by atoms with Crippen molar-refractivity contribution in [2.45, 2.75) is 11.8 Å². The minimum absolute atomic E-state index is 0.0512. The number of oxime groups is 1. The Kier molecular flexibility index (Phi) is 4.59. The monoisotopic (exact) mass is 393 g/mol. The third kappa shape index (κ3) is 3.57. The van der Waals surface area contributed by atoms with Crippen LogP contribution in [-0.4, -0.2) is 24.3 Å². The minimum atomic E-state index is -4.08. The molecule has 0 saturated heterocycles. The van der Waals surface area contributed by atoms with Crippen molar-refractivity contribution >= 4 is 48.1 Å². The molecular formula is C11H9BrFN3O3S2. The van der Waals surface area contributed by atoms with Gasteiger partial charge in [0.05, 0.1) is 0 Å². The third-order valence-electron chi connectivity index (χ3n) is 2.43. The number of hydrogen-bond acceptors (Lipinski definition) is 6. The summed E-state index contributed by atoms with van der Waals surface area (Å²) in [7, 11) is -4.08. The fraction of sp³-hybridized carbons (Fsp3) is 0.0909. The van der Waals surface area contributed by atoms with Crippen LogP contribution in [0.3, 0.4) is 0 Å². The van der Waals surface area contributed by atoms with Gasteiger partial charge in [-0.1, -0.05) is 21.1 Å². The van der Waals surface area contributed by atoms with Gasteiger partial charge >= 0.3 is 0 Å². The summed E-state index contributed by atoms with van der Waals surface area (Å²) in [4.78, 5) is 3.47. The lowest BCUT2D eigenvalue weighted by Crippen LogP contribution is -2.14. The number of halogens is 2. The number of anilines is 1. The number of nitrogens with zero attached hydrogens (tertiary/aromatic N) is 2. The molecule has 21 heavy (non-hydrogen) atoms. The van der Waals surface area contributed by atoms with Gasteiger partial charge in [0.15, 0.2) is 5.13 Å². The molecule has 0 unspecified atom stereocenters. The molecule has 2 rings (SSSR count). The van der Waals surface area contributed by atoms with Gasteiger partial charge < -0.3 is 5.21 Å².